The Morgan fingerprint density at radius 3 is 1.25 bits per heavy atom. The molecule has 9 heteroatoms. The molecular formula is C52H104NO7P. The van der Waals surface area contributed by atoms with Gasteiger partial charge in [0, 0.05) is 13.0 Å². The van der Waals surface area contributed by atoms with Crippen LogP contribution in [0.5, 0.6) is 0 Å². The van der Waals surface area contributed by atoms with E-state index in [-0.39, 0.29) is 25.8 Å². The maximum atomic E-state index is 12.8. The van der Waals surface area contributed by atoms with E-state index in [1.165, 1.54) is 205 Å². The highest BCUT2D eigenvalue weighted by Gasteiger charge is 2.20. The minimum absolute atomic E-state index is 0.0294. The standard InChI is InChI=1S/C52H104NO7P/c1-6-8-10-12-14-16-18-20-22-24-26-27-28-29-31-33-35-37-39-41-43-45-52(54)60-51(50-59-61(55,56)58-48-46-53(3,4)5)49-57-47-44-42-40-38-36-34-32-30-25-23-21-19-17-15-13-11-9-7-2/h24,26,51H,6-23,25,27-50H2,1-5H3/b26-24-. The molecule has 0 bridgehead atoms. The van der Waals surface area contributed by atoms with Gasteiger partial charge in [0.05, 0.1) is 34.4 Å². The van der Waals surface area contributed by atoms with Crippen LogP contribution in [-0.2, 0) is 27.9 Å². The zero-order valence-electron chi connectivity index (χ0n) is 41.4. The van der Waals surface area contributed by atoms with Gasteiger partial charge in [-0.2, -0.15) is 0 Å². The Hall–Kier alpha value is -0.760. The predicted octanol–water partition coefficient (Wildman–Crippen LogP) is 15.5. The van der Waals surface area contributed by atoms with Crippen molar-refractivity contribution in [3.8, 4) is 0 Å². The smallest absolute Gasteiger partial charge is 0.306 e. The lowest BCUT2D eigenvalue weighted by atomic mass is 10.0. The number of hydrogen-bond donors (Lipinski definition) is 0. The molecule has 0 aliphatic carbocycles. The normalized spacial score (nSPS) is 13.6. The van der Waals surface area contributed by atoms with Crippen molar-refractivity contribution in [1.82, 2.24) is 0 Å². The van der Waals surface area contributed by atoms with Crippen LogP contribution in [0, 0.1) is 0 Å². The fourth-order valence-electron chi connectivity index (χ4n) is 7.72. The summed E-state index contributed by atoms with van der Waals surface area (Å²) in [7, 11) is 1.37. The molecule has 8 nitrogen and oxygen atoms in total. The summed E-state index contributed by atoms with van der Waals surface area (Å²) in [5.74, 6) is -0.330. The van der Waals surface area contributed by atoms with Crippen LogP contribution in [0.2, 0.25) is 0 Å². The number of phosphoric acid groups is 1. The zero-order chi connectivity index (χ0) is 44.8. The van der Waals surface area contributed by atoms with Gasteiger partial charge in [-0.25, -0.2) is 0 Å². The van der Waals surface area contributed by atoms with E-state index in [4.69, 9.17) is 18.5 Å². The van der Waals surface area contributed by atoms with E-state index in [1.807, 2.05) is 21.1 Å². The second-order valence-electron chi connectivity index (χ2n) is 19.2. The third-order valence-corrected chi connectivity index (χ3v) is 12.8. The molecule has 0 aliphatic rings. The minimum Gasteiger partial charge on any atom is -0.756 e. The van der Waals surface area contributed by atoms with Crippen molar-refractivity contribution in [2.75, 3.05) is 54.1 Å². The third-order valence-electron chi connectivity index (χ3n) is 11.8. The molecule has 0 heterocycles. The number of likely N-dealkylation sites (N-methyl/N-ethyl adjacent to an activating group) is 1. The summed E-state index contributed by atoms with van der Waals surface area (Å²) < 4.78 is 34.8. The van der Waals surface area contributed by atoms with Gasteiger partial charge in [-0.1, -0.05) is 225 Å². The van der Waals surface area contributed by atoms with Crippen molar-refractivity contribution in [3.05, 3.63) is 12.2 Å². The molecule has 0 spiro atoms. The summed E-state index contributed by atoms with van der Waals surface area (Å²) >= 11 is 0. The molecular weight excluding hydrogens is 782 g/mol. The summed E-state index contributed by atoms with van der Waals surface area (Å²) in [6.45, 7) is 5.48. The van der Waals surface area contributed by atoms with Gasteiger partial charge in [0.15, 0.2) is 0 Å². The molecule has 61 heavy (non-hydrogen) atoms. The van der Waals surface area contributed by atoms with Crippen molar-refractivity contribution in [2.45, 2.75) is 264 Å². The second-order valence-corrected chi connectivity index (χ2v) is 20.7. The molecule has 0 aromatic carbocycles. The lowest BCUT2D eigenvalue weighted by molar-refractivity contribution is -0.870. The number of quaternary nitrogens is 1. The number of hydrogen-bond acceptors (Lipinski definition) is 7. The molecule has 0 aromatic heterocycles. The molecule has 0 N–H and O–H groups in total. The Bertz CT molecular complexity index is 987. The van der Waals surface area contributed by atoms with Gasteiger partial charge in [-0.05, 0) is 38.5 Å². The number of ether oxygens (including phenoxy) is 2. The summed E-state index contributed by atoms with van der Waals surface area (Å²) in [5, 5.41) is 0. The van der Waals surface area contributed by atoms with Crippen molar-refractivity contribution in [2.24, 2.45) is 0 Å². The summed E-state index contributed by atoms with van der Waals surface area (Å²) in [6, 6.07) is 0. The van der Waals surface area contributed by atoms with Crippen LogP contribution in [-0.4, -0.2) is 70.7 Å². The third kappa shape index (κ3) is 50.1. The summed E-state index contributed by atoms with van der Waals surface area (Å²) in [6.07, 6.45) is 52.3. The Morgan fingerprint density at radius 1 is 0.492 bits per heavy atom. The summed E-state index contributed by atoms with van der Waals surface area (Å²) in [4.78, 5) is 25.2. The fraction of sp³-hybridized carbons (Fsp3) is 0.942. The SMILES string of the molecule is CCCCCCCCCC/C=C\CCCCCCCCCCCC(=O)OC(COCCCCCCCCCCCCCCCCCCCC)COP(=O)([O-])OCC[N+](C)(C)C. The highest BCUT2D eigenvalue weighted by Crippen LogP contribution is 2.38. The fourth-order valence-corrected chi connectivity index (χ4v) is 8.45. The number of carbonyl (C=O) groups is 1. The van der Waals surface area contributed by atoms with Gasteiger partial charge >= 0.3 is 5.97 Å². The van der Waals surface area contributed by atoms with E-state index in [1.54, 1.807) is 0 Å². The van der Waals surface area contributed by atoms with Crippen LogP contribution in [0.1, 0.15) is 258 Å². The molecule has 0 radical (unpaired) electrons. The van der Waals surface area contributed by atoms with Crippen LogP contribution in [0.25, 0.3) is 0 Å². The molecule has 0 saturated heterocycles. The predicted molar refractivity (Wildman–Crippen MR) is 259 cm³/mol. The summed E-state index contributed by atoms with van der Waals surface area (Å²) in [5.41, 5.74) is 0. The second kappa shape index (κ2) is 45.8. The quantitative estimate of drug-likeness (QED) is 0.0197. The molecule has 2 unspecified atom stereocenters. The zero-order valence-corrected chi connectivity index (χ0v) is 42.3. The highest BCUT2D eigenvalue weighted by atomic mass is 31.2. The first kappa shape index (κ1) is 60.2. The van der Waals surface area contributed by atoms with E-state index in [0.717, 1.165) is 32.1 Å². The number of unbranched alkanes of at least 4 members (excludes halogenated alkanes) is 34. The van der Waals surface area contributed by atoms with Crippen molar-refractivity contribution >= 4 is 13.8 Å². The first-order chi connectivity index (χ1) is 29.6. The molecule has 0 amide bonds. The van der Waals surface area contributed by atoms with Crippen molar-refractivity contribution < 1.29 is 37.3 Å². The molecule has 0 saturated carbocycles. The van der Waals surface area contributed by atoms with Crippen LogP contribution in [0.15, 0.2) is 12.2 Å². The number of esters is 1. The number of rotatable bonds is 50. The molecule has 0 fully saturated rings. The Labute approximate surface area is 380 Å². The molecule has 364 valence electrons. The van der Waals surface area contributed by atoms with Crippen LogP contribution >= 0.6 is 7.82 Å². The van der Waals surface area contributed by atoms with E-state index in [2.05, 4.69) is 26.0 Å². The molecule has 2 atom stereocenters. The van der Waals surface area contributed by atoms with Gasteiger partial charge < -0.3 is 27.9 Å². The van der Waals surface area contributed by atoms with Crippen molar-refractivity contribution in [3.63, 3.8) is 0 Å². The average molecular weight is 886 g/mol. The topological polar surface area (TPSA) is 94.1 Å². The number of carbonyl (C=O) groups excluding carboxylic acids is 1. The Balaban J connectivity index is 4.09. The molecule has 0 aliphatic heterocycles. The maximum Gasteiger partial charge on any atom is 0.306 e. The maximum absolute atomic E-state index is 12.8. The van der Waals surface area contributed by atoms with Gasteiger partial charge in [0.2, 0.25) is 0 Å². The van der Waals surface area contributed by atoms with E-state index in [0.29, 0.717) is 24.1 Å². The Kier molecular flexibility index (Phi) is 45.2. The van der Waals surface area contributed by atoms with Crippen LogP contribution in [0.4, 0.5) is 0 Å². The number of phosphoric ester groups is 1. The van der Waals surface area contributed by atoms with E-state index in [9.17, 15) is 14.3 Å². The highest BCUT2D eigenvalue weighted by molar-refractivity contribution is 7.45. The van der Waals surface area contributed by atoms with Crippen LogP contribution < -0.4 is 4.89 Å². The van der Waals surface area contributed by atoms with Gasteiger partial charge in [-0.15, -0.1) is 0 Å². The largest absolute Gasteiger partial charge is 0.756 e. The number of allylic oxidation sites excluding steroid dienone is 2. The first-order valence-electron chi connectivity index (χ1n) is 26.4. The first-order valence-corrected chi connectivity index (χ1v) is 27.9. The van der Waals surface area contributed by atoms with E-state index >= 15 is 0 Å². The molecule has 0 aromatic rings. The average Bonchev–Trinajstić information content (AvgIpc) is 3.22. The number of nitrogens with zero attached hydrogens (tertiary/aromatic N) is 1. The van der Waals surface area contributed by atoms with Gasteiger partial charge in [-0.3, -0.25) is 9.36 Å². The van der Waals surface area contributed by atoms with Gasteiger partial charge in [0.25, 0.3) is 7.82 Å². The lowest BCUT2D eigenvalue weighted by Crippen LogP contribution is -2.37. The minimum atomic E-state index is -4.53. The van der Waals surface area contributed by atoms with Crippen molar-refractivity contribution in [1.29, 1.82) is 0 Å². The van der Waals surface area contributed by atoms with E-state index < -0.39 is 13.9 Å². The van der Waals surface area contributed by atoms with Crippen LogP contribution in [0.3, 0.4) is 0 Å². The monoisotopic (exact) mass is 886 g/mol. The Morgan fingerprint density at radius 2 is 0.852 bits per heavy atom. The van der Waals surface area contributed by atoms with Gasteiger partial charge in [0.1, 0.15) is 19.3 Å². The lowest BCUT2D eigenvalue weighted by Gasteiger charge is -2.28. The molecule has 0 rings (SSSR count).